The highest BCUT2D eigenvalue weighted by molar-refractivity contribution is 5.98. The summed E-state index contributed by atoms with van der Waals surface area (Å²) >= 11 is 0. The lowest BCUT2D eigenvalue weighted by atomic mass is 9.71. The SMILES string of the molecule is O=C1CC2(c3ccccc3)OC1(c1ccccc1)c1ccccc12. The summed E-state index contributed by atoms with van der Waals surface area (Å²) < 4.78 is 6.65. The van der Waals surface area contributed by atoms with Gasteiger partial charge in [0, 0.05) is 12.0 Å². The fourth-order valence-electron chi connectivity index (χ4n) is 4.27. The Morgan fingerprint density at radius 3 is 1.88 bits per heavy atom. The standard InChI is InChI=1S/C22H16O2/c23-20-15-21(16-9-3-1-4-10-16)18-13-7-8-14-19(18)22(20,24-21)17-11-5-2-6-12-17/h1-14H,15H2. The van der Waals surface area contributed by atoms with Crippen LogP contribution in [0.15, 0.2) is 84.9 Å². The Morgan fingerprint density at radius 2 is 1.21 bits per heavy atom. The fourth-order valence-corrected chi connectivity index (χ4v) is 4.27. The predicted molar refractivity (Wildman–Crippen MR) is 91.6 cm³/mol. The van der Waals surface area contributed by atoms with Gasteiger partial charge in [0.05, 0.1) is 0 Å². The number of fused-ring (bicyclic) bond motifs is 5. The van der Waals surface area contributed by atoms with E-state index < -0.39 is 11.2 Å². The van der Waals surface area contributed by atoms with E-state index in [0.717, 1.165) is 22.3 Å². The van der Waals surface area contributed by atoms with Gasteiger partial charge in [-0.2, -0.15) is 0 Å². The van der Waals surface area contributed by atoms with E-state index in [4.69, 9.17) is 4.74 Å². The van der Waals surface area contributed by atoms with E-state index in [0.29, 0.717) is 6.42 Å². The van der Waals surface area contributed by atoms with Crippen molar-refractivity contribution in [2.75, 3.05) is 0 Å². The summed E-state index contributed by atoms with van der Waals surface area (Å²) in [5.41, 5.74) is 2.40. The molecular formula is C22H16O2. The Balaban J connectivity index is 1.83. The van der Waals surface area contributed by atoms with Crippen LogP contribution < -0.4 is 0 Å². The summed E-state index contributed by atoms with van der Waals surface area (Å²) in [4.78, 5) is 13.2. The van der Waals surface area contributed by atoms with Crippen molar-refractivity contribution in [2.24, 2.45) is 0 Å². The maximum absolute atomic E-state index is 13.2. The highest BCUT2D eigenvalue weighted by Crippen LogP contribution is 2.61. The second-order valence-electron chi connectivity index (χ2n) is 6.49. The minimum absolute atomic E-state index is 0.135. The summed E-state index contributed by atoms with van der Waals surface area (Å²) in [5.74, 6) is 0.135. The molecule has 0 aliphatic carbocycles. The topological polar surface area (TPSA) is 26.3 Å². The third-order valence-corrected chi connectivity index (χ3v) is 5.29. The molecule has 5 rings (SSSR count). The molecule has 2 bridgehead atoms. The van der Waals surface area contributed by atoms with E-state index in [1.807, 2.05) is 66.7 Å². The van der Waals surface area contributed by atoms with Crippen molar-refractivity contribution >= 4 is 5.78 Å². The first kappa shape index (κ1) is 13.7. The summed E-state index contributed by atoms with van der Waals surface area (Å²) in [6.07, 6.45) is 0.378. The minimum Gasteiger partial charge on any atom is -0.341 e. The zero-order valence-corrected chi connectivity index (χ0v) is 13.1. The molecule has 1 saturated heterocycles. The number of ketones is 1. The van der Waals surface area contributed by atoms with Crippen LogP contribution in [0.5, 0.6) is 0 Å². The zero-order chi connectivity index (χ0) is 16.2. The highest BCUT2D eigenvalue weighted by Gasteiger charge is 2.65. The van der Waals surface area contributed by atoms with Gasteiger partial charge >= 0.3 is 0 Å². The van der Waals surface area contributed by atoms with E-state index in [1.54, 1.807) is 0 Å². The van der Waals surface area contributed by atoms with Crippen LogP contribution in [-0.4, -0.2) is 5.78 Å². The maximum Gasteiger partial charge on any atom is 0.178 e. The van der Waals surface area contributed by atoms with Crippen LogP contribution in [-0.2, 0) is 20.7 Å². The summed E-state index contributed by atoms with van der Waals surface area (Å²) in [6, 6.07) is 28.1. The number of Topliss-reactive ketones (excluding diaryl/α,β-unsaturated/α-hetero) is 1. The number of hydrogen-bond acceptors (Lipinski definition) is 2. The first-order valence-corrected chi connectivity index (χ1v) is 8.22. The zero-order valence-electron chi connectivity index (χ0n) is 13.1. The number of rotatable bonds is 2. The van der Waals surface area contributed by atoms with Crippen LogP contribution in [0.4, 0.5) is 0 Å². The number of benzene rings is 3. The van der Waals surface area contributed by atoms with E-state index in [-0.39, 0.29) is 5.78 Å². The van der Waals surface area contributed by atoms with Gasteiger partial charge in [0.2, 0.25) is 0 Å². The van der Waals surface area contributed by atoms with E-state index in [1.165, 1.54) is 0 Å². The molecule has 2 aliphatic rings. The molecule has 0 spiro atoms. The Labute approximate surface area is 140 Å². The quantitative estimate of drug-likeness (QED) is 0.709. The second kappa shape index (κ2) is 4.65. The van der Waals surface area contributed by atoms with E-state index in [9.17, 15) is 4.79 Å². The number of carbonyl (C=O) groups is 1. The monoisotopic (exact) mass is 312 g/mol. The van der Waals surface area contributed by atoms with Crippen LogP contribution in [0.25, 0.3) is 0 Å². The highest BCUT2D eigenvalue weighted by atomic mass is 16.5. The summed E-state index contributed by atoms with van der Waals surface area (Å²) in [7, 11) is 0. The van der Waals surface area contributed by atoms with Crippen molar-refractivity contribution in [3.8, 4) is 0 Å². The maximum atomic E-state index is 13.2. The molecule has 3 aromatic carbocycles. The molecule has 0 radical (unpaired) electrons. The summed E-state index contributed by atoms with van der Waals surface area (Å²) in [5, 5.41) is 0. The third-order valence-electron chi connectivity index (χ3n) is 5.29. The van der Waals surface area contributed by atoms with Crippen LogP contribution >= 0.6 is 0 Å². The summed E-state index contributed by atoms with van der Waals surface area (Å²) in [6.45, 7) is 0. The molecule has 2 heteroatoms. The smallest absolute Gasteiger partial charge is 0.178 e. The van der Waals surface area contributed by atoms with Crippen molar-refractivity contribution < 1.29 is 9.53 Å². The Bertz CT molecular complexity index is 932. The average molecular weight is 312 g/mol. The van der Waals surface area contributed by atoms with E-state index in [2.05, 4.69) is 18.2 Å². The van der Waals surface area contributed by atoms with Gasteiger partial charge in [0.25, 0.3) is 0 Å². The second-order valence-corrected chi connectivity index (χ2v) is 6.49. The van der Waals surface area contributed by atoms with Gasteiger partial charge in [-0.1, -0.05) is 84.9 Å². The Kier molecular flexibility index (Phi) is 2.66. The molecule has 0 aromatic heterocycles. The van der Waals surface area contributed by atoms with Gasteiger partial charge in [-0.05, 0) is 16.7 Å². The molecule has 1 fully saturated rings. The fraction of sp³-hybridized carbons (Fsp3) is 0.136. The van der Waals surface area contributed by atoms with Crippen molar-refractivity contribution in [1.29, 1.82) is 0 Å². The van der Waals surface area contributed by atoms with Gasteiger partial charge in [-0.15, -0.1) is 0 Å². The Hall–Kier alpha value is -2.71. The van der Waals surface area contributed by atoms with Crippen molar-refractivity contribution in [1.82, 2.24) is 0 Å². The van der Waals surface area contributed by atoms with Gasteiger partial charge in [0.15, 0.2) is 11.4 Å². The molecule has 24 heavy (non-hydrogen) atoms. The largest absolute Gasteiger partial charge is 0.341 e. The van der Waals surface area contributed by atoms with Crippen LogP contribution in [0.2, 0.25) is 0 Å². The normalized spacial score (nSPS) is 27.2. The van der Waals surface area contributed by atoms with Crippen LogP contribution in [0, 0.1) is 0 Å². The van der Waals surface area contributed by atoms with Crippen molar-refractivity contribution in [2.45, 2.75) is 17.6 Å². The van der Waals surface area contributed by atoms with E-state index >= 15 is 0 Å². The molecule has 0 saturated carbocycles. The van der Waals surface area contributed by atoms with Crippen molar-refractivity contribution in [3.05, 3.63) is 107 Å². The molecule has 116 valence electrons. The van der Waals surface area contributed by atoms with Crippen LogP contribution in [0.3, 0.4) is 0 Å². The lowest BCUT2D eigenvalue weighted by Crippen LogP contribution is -2.33. The molecule has 0 N–H and O–H groups in total. The average Bonchev–Trinajstić information content (AvgIpc) is 3.14. The predicted octanol–water partition coefficient (Wildman–Crippen LogP) is 4.18. The van der Waals surface area contributed by atoms with Gasteiger partial charge in [-0.3, -0.25) is 4.79 Å². The lowest BCUT2D eigenvalue weighted by Gasteiger charge is -2.26. The van der Waals surface area contributed by atoms with Crippen LogP contribution in [0.1, 0.15) is 28.7 Å². The minimum atomic E-state index is -0.978. The number of hydrogen-bond donors (Lipinski definition) is 0. The molecule has 0 amide bonds. The number of carbonyl (C=O) groups excluding carboxylic acids is 1. The molecule has 2 unspecified atom stereocenters. The first-order valence-electron chi connectivity index (χ1n) is 8.22. The Morgan fingerprint density at radius 1 is 0.667 bits per heavy atom. The van der Waals surface area contributed by atoms with Gasteiger partial charge in [0.1, 0.15) is 5.60 Å². The molecule has 3 aromatic rings. The molecule has 2 nitrogen and oxygen atoms in total. The molecule has 2 heterocycles. The van der Waals surface area contributed by atoms with Crippen molar-refractivity contribution in [3.63, 3.8) is 0 Å². The first-order chi connectivity index (χ1) is 11.8. The molecule has 2 atom stereocenters. The number of ether oxygens (including phenoxy) is 1. The van der Waals surface area contributed by atoms with Gasteiger partial charge in [-0.25, -0.2) is 0 Å². The molecule has 2 aliphatic heterocycles. The lowest BCUT2D eigenvalue weighted by molar-refractivity contribution is -0.129. The third kappa shape index (κ3) is 1.51. The van der Waals surface area contributed by atoms with Gasteiger partial charge < -0.3 is 4.74 Å². The molecular weight excluding hydrogens is 296 g/mol.